The van der Waals surface area contributed by atoms with Crippen LogP contribution in [0.3, 0.4) is 0 Å². The first-order chi connectivity index (χ1) is 17.5. The zero-order valence-electron chi connectivity index (χ0n) is 22.7. The SMILES string of the molecule is CC(C)C[C@H](NC(=O)N1CCN(C(C)(C)C)CC1)C(=O)N[C@@H](CCc1ccccc1)C(=O)c1nccs1. The maximum Gasteiger partial charge on any atom is 0.318 e. The third-order valence-corrected chi connectivity index (χ3v) is 7.47. The van der Waals surface area contributed by atoms with E-state index in [1.54, 1.807) is 16.5 Å². The number of hydrogen-bond donors (Lipinski definition) is 2. The van der Waals surface area contributed by atoms with Gasteiger partial charge in [0, 0.05) is 43.3 Å². The van der Waals surface area contributed by atoms with Crippen molar-refractivity contribution in [1.29, 1.82) is 0 Å². The largest absolute Gasteiger partial charge is 0.344 e. The number of aromatic nitrogens is 1. The number of hydrogen-bond acceptors (Lipinski definition) is 6. The number of Topliss-reactive ketones (excluding diaryl/α,β-unsaturated/α-hetero) is 1. The maximum absolute atomic E-state index is 13.5. The van der Waals surface area contributed by atoms with Gasteiger partial charge in [-0.1, -0.05) is 44.2 Å². The molecule has 1 aliphatic rings. The Balaban J connectivity index is 1.67. The number of urea groups is 1. The van der Waals surface area contributed by atoms with Crippen LogP contribution in [0, 0.1) is 5.92 Å². The first-order valence-corrected chi connectivity index (χ1v) is 14.0. The molecule has 0 unspecified atom stereocenters. The van der Waals surface area contributed by atoms with Crippen LogP contribution >= 0.6 is 11.3 Å². The van der Waals surface area contributed by atoms with Crippen molar-refractivity contribution in [2.45, 2.75) is 71.5 Å². The fourth-order valence-electron chi connectivity index (χ4n) is 4.51. The van der Waals surface area contributed by atoms with E-state index in [0.29, 0.717) is 37.4 Å². The smallest absolute Gasteiger partial charge is 0.318 e. The molecule has 1 aliphatic heterocycles. The Morgan fingerprint density at radius 2 is 1.68 bits per heavy atom. The summed E-state index contributed by atoms with van der Waals surface area (Å²) >= 11 is 1.27. The lowest BCUT2D eigenvalue weighted by Crippen LogP contribution is -2.59. The average molecular weight is 528 g/mol. The zero-order valence-corrected chi connectivity index (χ0v) is 23.5. The molecule has 3 amide bonds. The molecule has 0 bridgehead atoms. The Kier molecular flexibility index (Phi) is 10.2. The quantitative estimate of drug-likeness (QED) is 0.456. The van der Waals surface area contributed by atoms with Crippen LogP contribution < -0.4 is 10.6 Å². The molecule has 3 rings (SSSR count). The van der Waals surface area contributed by atoms with Crippen molar-refractivity contribution in [3.63, 3.8) is 0 Å². The molecule has 0 aliphatic carbocycles. The van der Waals surface area contributed by atoms with Crippen molar-refractivity contribution in [3.8, 4) is 0 Å². The van der Waals surface area contributed by atoms with Crippen LogP contribution in [-0.2, 0) is 11.2 Å². The van der Waals surface area contributed by atoms with Crippen molar-refractivity contribution in [2.75, 3.05) is 26.2 Å². The summed E-state index contributed by atoms with van der Waals surface area (Å²) < 4.78 is 0. The highest BCUT2D eigenvalue weighted by Gasteiger charge is 2.32. The van der Waals surface area contributed by atoms with E-state index < -0.39 is 12.1 Å². The number of nitrogens with one attached hydrogen (secondary N) is 2. The number of carbonyl (C=O) groups is 3. The summed E-state index contributed by atoms with van der Waals surface area (Å²) in [6, 6.07) is 8.20. The van der Waals surface area contributed by atoms with Crippen LogP contribution in [0.25, 0.3) is 0 Å². The minimum atomic E-state index is -0.725. The second kappa shape index (κ2) is 13.1. The molecule has 9 heteroatoms. The summed E-state index contributed by atoms with van der Waals surface area (Å²) in [5, 5.41) is 8.04. The van der Waals surface area contributed by atoms with E-state index in [9.17, 15) is 14.4 Å². The van der Waals surface area contributed by atoms with E-state index in [1.807, 2.05) is 44.2 Å². The predicted octanol–water partition coefficient (Wildman–Crippen LogP) is 3.98. The molecule has 202 valence electrons. The molecule has 2 aromatic rings. The van der Waals surface area contributed by atoms with E-state index in [1.165, 1.54) is 11.3 Å². The van der Waals surface area contributed by atoms with Crippen LogP contribution in [0.4, 0.5) is 4.79 Å². The number of amides is 3. The van der Waals surface area contributed by atoms with Crippen molar-refractivity contribution < 1.29 is 14.4 Å². The molecular weight excluding hydrogens is 486 g/mol. The Bertz CT molecular complexity index is 1010. The monoisotopic (exact) mass is 527 g/mol. The first-order valence-electron chi connectivity index (χ1n) is 13.1. The molecule has 1 aromatic heterocycles. The number of carbonyl (C=O) groups excluding carboxylic acids is 3. The topological polar surface area (TPSA) is 94.6 Å². The standard InChI is InChI=1S/C28H41N5O3S/c1-20(2)19-23(31-27(36)32-14-16-33(17-15-32)28(3,4)5)25(35)30-22(24(34)26-29-13-18-37-26)12-11-21-9-7-6-8-10-21/h6-10,13,18,20,22-23H,11-12,14-17,19H2,1-5H3,(H,30,35)(H,31,36)/t22-,23-/m0/s1. The summed E-state index contributed by atoms with van der Waals surface area (Å²) in [7, 11) is 0. The number of benzene rings is 1. The molecule has 0 spiro atoms. The van der Waals surface area contributed by atoms with Crippen molar-refractivity contribution >= 4 is 29.1 Å². The minimum Gasteiger partial charge on any atom is -0.344 e. The third-order valence-electron chi connectivity index (χ3n) is 6.68. The van der Waals surface area contributed by atoms with Crippen LogP contribution in [0.5, 0.6) is 0 Å². The number of piperazine rings is 1. The molecule has 1 fully saturated rings. The lowest BCUT2D eigenvalue weighted by Gasteiger charge is -2.42. The van der Waals surface area contributed by atoms with E-state index >= 15 is 0 Å². The minimum absolute atomic E-state index is 0.0569. The molecule has 8 nitrogen and oxygen atoms in total. The van der Waals surface area contributed by atoms with Gasteiger partial charge in [0.2, 0.25) is 11.7 Å². The van der Waals surface area contributed by atoms with Gasteiger partial charge in [-0.05, 0) is 51.5 Å². The number of aryl methyl sites for hydroxylation is 1. The Morgan fingerprint density at radius 3 is 2.24 bits per heavy atom. The van der Waals surface area contributed by atoms with Gasteiger partial charge in [0.1, 0.15) is 6.04 Å². The molecule has 1 aromatic carbocycles. The summed E-state index contributed by atoms with van der Waals surface area (Å²) in [5.74, 6) is -0.350. The van der Waals surface area contributed by atoms with Gasteiger partial charge in [-0.25, -0.2) is 9.78 Å². The second-order valence-electron chi connectivity index (χ2n) is 11.1. The van der Waals surface area contributed by atoms with Gasteiger partial charge in [0.05, 0.1) is 6.04 Å². The first kappa shape index (κ1) is 28.8. The van der Waals surface area contributed by atoms with Gasteiger partial charge in [-0.15, -0.1) is 11.3 Å². The molecule has 37 heavy (non-hydrogen) atoms. The Morgan fingerprint density at radius 1 is 1.00 bits per heavy atom. The summed E-state index contributed by atoms with van der Waals surface area (Å²) in [5.41, 5.74) is 1.15. The van der Waals surface area contributed by atoms with Crippen LogP contribution in [0.15, 0.2) is 41.9 Å². The molecule has 1 saturated heterocycles. The molecule has 0 radical (unpaired) electrons. The normalized spacial score (nSPS) is 16.3. The Labute approximate surface area is 224 Å². The van der Waals surface area contributed by atoms with Crippen LogP contribution in [0.1, 0.15) is 62.8 Å². The number of rotatable bonds is 10. The van der Waals surface area contributed by atoms with E-state index in [-0.39, 0.29) is 29.2 Å². The summed E-state index contributed by atoms with van der Waals surface area (Å²) in [6.07, 6.45) is 3.17. The summed E-state index contributed by atoms with van der Waals surface area (Å²) in [6.45, 7) is 13.4. The van der Waals surface area contributed by atoms with Crippen molar-refractivity contribution in [1.82, 2.24) is 25.4 Å². The highest BCUT2D eigenvalue weighted by Crippen LogP contribution is 2.17. The molecule has 0 saturated carbocycles. The van der Waals surface area contributed by atoms with Gasteiger partial charge in [0.15, 0.2) is 5.01 Å². The van der Waals surface area contributed by atoms with Crippen molar-refractivity contribution in [3.05, 3.63) is 52.5 Å². The van der Waals surface area contributed by atoms with Gasteiger partial charge < -0.3 is 15.5 Å². The maximum atomic E-state index is 13.5. The lowest BCUT2D eigenvalue weighted by atomic mass is 9.99. The van der Waals surface area contributed by atoms with Gasteiger partial charge in [-0.2, -0.15) is 0 Å². The van der Waals surface area contributed by atoms with Crippen LogP contribution in [0.2, 0.25) is 0 Å². The molecule has 2 N–H and O–H groups in total. The van der Waals surface area contributed by atoms with Crippen LogP contribution in [-0.4, -0.2) is 76.3 Å². The lowest BCUT2D eigenvalue weighted by molar-refractivity contribution is -0.123. The van der Waals surface area contributed by atoms with E-state index in [0.717, 1.165) is 18.7 Å². The summed E-state index contributed by atoms with van der Waals surface area (Å²) in [4.78, 5) is 48.1. The average Bonchev–Trinajstić information content (AvgIpc) is 3.40. The van der Waals surface area contributed by atoms with Crippen molar-refractivity contribution in [2.24, 2.45) is 5.92 Å². The number of thiazole rings is 1. The highest BCUT2D eigenvalue weighted by atomic mass is 32.1. The molecule has 2 heterocycles. The van der Waals surface area contributed by atoms with Gasteiger partial charge in [0.25, 0.3) is 0 Å². The molecule has 2 atom stereocenters. The fourth-order valence-corrected chi connectivity index (χ4v) is 5.15. The van der Waals surface area contributed by atoms with E-state index in [4.69, 9.17) is 0 Å². The predicted molar refractivity (Wildman–Crippen MR) is 148 cm³/mol. The zero-order chi connectivity index (χ0) is 27.0. The highest BCUT2D eigenvalue weighted by molar-refractivity contribution is 7.11. The number of nitrogens with zero attached hydrogens (tertiary/aromatic N) is 3. The van der Waals surface area contributed by atoms with E-state index in [2.05, 4.69) is 41.3 Å². The van der Waals surface area contributed by atoms with Gasteiger partial charge in [-0.3, -0.25) is 14.5 Å². The second-order valence-corrected chi connectivity index (χ2v) is 12.0. The Hall–Kier alpha value is -2.78. The number of ketones is 1. The van der Waals surface area contributed by atoms with Gasteiger partial charge >= 0.3 is 6.03 Å². The molecular formula is C28H41N5O3S. The fraction of sp³-hybridized carbons (Fsp3) is 0.571. The third kappa shape index (κ3) is 8.64.